The summed E-state index contributed by atoms with van der Waals surface area (Å²) in [5, 5.41) is 8.68. The molecule has 0 spiro atoms. The summed E-state index contributed by atoms with van der Waals surface area (Å²) in [5.41, 5.74) is 6.92. The summed E-state index contributed by atoms with van der Waals surface area (Å²) in [6, 6.07) is 4.81. The van der Waals surface area contributed by atoms with Gasteiger partial charge in [0.25, 0.3) is 0 Å². The van der Waals surface area contributed by atoms with Gasteiger partial charge >= 0.3 is 0 Å². The first kappa shape index (κ1) is 18.8. The summed E-state index contributed by atoms with van der Waals surface area (Å²) in [6.45, 7) is 7.99. The molecule has 0 saturated heterocycles. The largest absolute Gasteiger partial charge is 0.434 e. The monoisotopic (exact) mass is 361 g/mol. The van der Waals surface area contributed by atoms with Crippen molar-refractivity contribution < 1.29 is 4.74 Å². The van der Waals surface area contributed by atoms with E-state index in [2.05, 4.69) is 10.2 Å². The minimum Gasteiger partial charge on any atom is -0.434 e. The van der Waals surface area contributed by atoms with Gasteiger partial charge < -0.3 is 10.5 Å². The number of ether oxygens (including phenoxy) is 1. The normalized spacial score (nSPS) is 10.2. The summed E-state index contributed by atoms with van der Waals surface area (Å²) in [4.78, 5) is 0. The molecule has 0 atom stereocenters. The van der Waals surface area contributed by atoms with Crippen LogP contribution in [0.3, 0.4) is 0 Å². The van der Waals surface area contributed by atoms with Gasteiger partial charge in [-0.15, -0.1) is 10.2 Å². The van der Waals surface area contributed by atoms with Crippen molar-refractivity contribution in [3.63, 3.8) is 0 Å². The molecule has 0 aliphatic carbocycles. The Hall–Kier alpha value is -1.23. The topological polar surface area (TPSA) is 61.0 Å². The SMILES string of the molecule is CC.CC(C)c1cc(Oc2c(Cl)cc(N)cc2Cl)nnc1Cl. The molecule has 4 nitrogen and oxygen atoms in total. The fourth-order valence-corrected chi connectivity index (χ4v) is 2.50. The Morgan fingerprint density at radius 2 is 1.55 bits per heavy atom. The number of anilines is 1. The third-order valence-corrected chi connectivity index (χ3v) is 3.46. The Bertz CT molecular complexity index is 625. The molecule has 2 rings (SSSR count). The number of hydrogen-bond acceptors (Lipinski definition) is 4. The van der Waals surface area contributed by atoms with Crippen molar-refractivity contribution in [2.75, 3.05) is 5.73 Å². The van der Waals surface area contributed by atoms with E-state index < -0.39 is 0 Å². The lowest BCUT2D eigenvalue weighted by Crippen LogP contribution is -1.98. The molecule has 1 aromatic heterocycles. The van der Waals surface area contributed by atoms with E-state index in [0.29, 0.717) is 20.9 Å². The van der Waals surface area contributed by atoms with Crippen molar-refractivity contribution in [3.05, 3.63) is 39.0 Å². The molecule has 0 amide bonds. The van der Waals surface area contributed by atoms with Crippen LogP contribution in [0.25, 0.3) is 0 Å². The van der Waals surface area contributed by atoms with E-state index in [4.69, 9.17) is 45.3 Å². The van der Waals surface area contributed by atoms with E-state index >= 15 is 0 Å². The highest BCUT2D eigenvalue weighted by Gasteiger charge is 2.14. The number of benzene rings is 1. The van der Waals surface area contributed by atoms with Gasteiger partial charge in [-0.1, -0.05) is 62.5 Å². The van der Waals surface area contributed by atoms with Crippen LogP contribution in [0.5, 0.6) is 11.6 Å². The van der Waals surface area contributed by atoms with E-state index in [1.165, 1.54) is 0 Å². The van der Waals surface area contributed by atoms with Crippen molar-refractivity contribution in [1.29, 1.82) is 0 Å². The van der Waals surface area contributed by atoms with E-state index in [-0.39, 0.29) is 17.5 Å². The lowest BCUT2D eigenvalue weighted by Gasteiger charge is -2.11. The average molecular weight is 363 g/mol. The van der Waals surface area contributed by atoms with Gasteiger partial charge in [-0.3, -0.25) is 0 Å². The fraction of sp³-hybridized carbons (Fsp3) is 0.333. The van der Waals surface area contributed by atoms with Crippen molar-refractivity contribution in [2.24, 2.45) is 0 Å². The highest BCUT2D eigenvalue weighted by Crippen LogP contribution is 2.38. The third kappa shape index (κ3) is 4.63. The molecule has 0 aliphatic rings. The second kappa shape index (κ2) is 8.42. The van der Waals surface area contributed by atoms with Crippen LogP contribution in [0.4, 0.5) is 5.69 Å². The molecule has 0 radical (unpaired) electrons. The first-order valence-electron chi connectivity index (χ1n) is 6.84. The Balaban J connectivity index is 0.00000116. The lowest BCUT2D eigenvalue weighted by atomic mass is 10.1. The highest BCUT2D eigenvalue weighted by molar-refractivity contribution is 6.37. The van der Waals surface area contributed by atoms with Crippen LogP contribution in [0.2, 0.25) is 15.2 Å². The molecule has 1 aromatic carbocycles. The standard InChI is InChI=1S/C13H12Cl3N3O.C2H6/c1-6(2)8-5-11(18-19-13(8)16)20-12-9(14)3-7(17)4-10(12)15;1-2/h3-6H,17H2,1-2H3;1-2H3. The average Bonchev–Trinajstić information content (AvgIpc) is 2.46. The van der Waals surface area contributed by atoms with E-state index in [9.17, 15) is 0 Å². The first-order valence-corrected chi connectivity index (χ1v) is 7.97. The number of rotatable bonds is 3. The molecular weight excluding hydrogens is 345 g/mol. The predicted molar refractivity (Wildman–Crippen MR) is 93.4 cm³/mol. The number of nitrogens with two attached hydrogens (primary N) is 1. The van der Waals surface area contributed by atoms with Gasteiger partial charge in [0.2, 0.25) is 5.88 Å². The van der Waals surface area contributed by atoms with E-state index in [1.54, 1.807) is 18.2 Å². The maximum atomic E-state index is 6.05. The highest BCUT2D eigenvalue weighted by atomic mass is 35.5. The minimum absolute atomic E-state index is 0.192. The van der Waals surface area contributed by atoms with Crippen LogP contribution < -0.4 is 10.5 Å². The van der Waals surface area contributed by atoms with Crippen LogP contribution >= 0.6 is 34.8 Å². The molecule has 0 unspecified atom stereocenters. The number of nitrogen functional groups attached to an aromatic ring is 1. The van der Waals surface area contributed by atoms with Gasteiger partial charge in [-0.25, -0.2) is 0 Å². The van der Waals surface area contributed by atoms with Gasteiger partial charge in [0.1, 0.15) is 0 Å². The predicted octanol–water partition coefficient (Wildman–Crippen LogP) is 5.96. The second-order valence-corrected chi connectivity index (χ2v) is 5.67. The van der Waals surface area contributed by atoms with Gasteiger partial charge in [-0.05, 0) is 23.6 Å². The fourth-order valence-electron chi connectivity index (χ4n) is 1.61. The Morgan fingerprint density at radius 3 is 2.05 bits per heavy atom. The van der Waals surface area contributed by atoms with Gasteiger partial charge in [0.05, 0.1) is 10.0 Å². The smallest absolute Gasteiger partial charge is 0.239 e. The van der Waals surface area contributed by atoms with Crippen molar-refractivity contribution >= 4 is 40.5 Å². The molecule has 0 bridgehead atoms. The molecule has 7 heteroatoms. The molecule has 2 N–H and O–H groups in total. The Kier molecular flexibility index (Phi) is 7.20. The van der Waals surface area contributed by atoms with E-state index in [0.717, 1.165) is 5.56 Å². The molecule has 2 aromatic rings. The van der Waals surface area contributed by atoms with Gasteiger partial charge in [0, 0.05) is 11.8 Å². The number of halogens is 3. The Morgan fingerprint density at radius 1 is 1.00 bits per heavy atom. The second-order valence-electron chi connectivity index (χ2n) is 4.50. The Labute approximate surface area is 145 Å². The summed E-state index contributed by atoms with van der Waals surface area (Å²) >= 11 is 18.1. The van der Waals surface area contributed by atoms with Crippen molar-refractivity contribution in [1.82, 2.24) is 10.2 Å². The van der Waals surface area contributed by atoms with Crippen LogP contribution in [-0.4, -0.2) is 10.2 Å². The number of nitrogens with zero attached hydrogens (tertiary/aromatic N) is 2. The summed E-state index contributed by atoms with van der Waals surface area (Å²) in [6.07, 6.45) is 0. The van der Waals surface area contributed by atoms with Crippen LogP contribution in [0, 0.1) is 0 Å². The molecule has 0 aliphatic heterocycles. The lowest BCUT2D eigenvalue weighted by molar-refractivity contribution is 0.454. The van der Waals surface area contributed by atoms with Crippen molar-refractivity contribution in [3.8, 4) is 11.6 Å². The zero-order valence-electron chi connectivity index (χ0n) is 12.8. The molecule has 1 heterocycles. The van der Waals surface area contributed by atoms with Gasteiger partial charge in [-0.2, -0.15) is 0 Å². The van der Waals surface area contributed by atoms with Crippen LogP contribution in [0.15, 0.2) is 18.2 Å². The summed E-state index contributed by atoms with van der Waals surface area (Å²) < 4.78 is 5.59. The van der Waals surface area contributed by atoms with Crippen molar-refractivity contribution in [2.45, 2.75) is 33.6 Å². The summed E-state index contributed by atoms with van der Waals surface area (Å²) in [7, 11) is 0. The third-order valence-electron chi connectivity index (χ3n) is 2.60. The molecule has 0 fully saturated rings. The zero-order valence-corrected chi connectivity index (χ0v) is 15.1. The number of hydrogen-bond donors (Lipinski definition) is 1. The molecule has 22 heavy (non-hydrogen) atoms. The molecular formula is C15H18Cl3N3O. The first-order chi connectivity index (χ1) is 10.4. The zero-order chi connectivity index (χ0) is 16.9. The van der Waals surface area contributed by atoms with Crippen LogP contribution in [0.1, 0.15) is 39.2 Å². The maximum Gasteiger partial charge on any atom is 0.239 e. The molecule has 0 saturated carbocycles. The molecule has 120 valence electrons. The summed E-state index contributed by atoms with van der Waals surface area (Å²) in [5.74, 6) is 0.748. The quantitative estimate of drug-likeness (QED) is 0.684. The minimum atomic E-state index is 0.192. The maximum absolute atomic E-state index is 6.05. The van der Waals surface area contributed by atoms with Gasteiger partial charge in [0.15, 0.2) is 10.9 Å². The van der Waals surface area contributed by atoms with Crippen LogP contribution in [-0.2, 0) is 0 Å². The number of aromatic nitrogens is 2. The van der Waals surface area contributed by atoms with E-state index in [1.807, 2.05) is 27.7 Å².